The van der Waals surface area contributed by atoms with Gasteiger partial charge in [0.2, 0.25) is 0 Å². The van der Waals surface area contributed by atoms with Gasteiger partial charge in [-0.2, -0.15) is 0 Å². The Labute approximate surface area is 107 Å². The Morgan fingerprint density at radius 2 is 2.11 bits per heavy atom. The molecule has 1 aromatic rings. The number of benzene rings is 1. The van der Waals surface area contributed by atoms with Crippen molar-refractivity contribution < 1.29 is 19.7 Å². The summed E-state index contributed by atoms with van der Waals surface area (Å²) in [6, 6.07) is 6.73. The van der Waals surface area contributed by atoms with Crippen molar-refractivity contribution in [1.29, 1.82) is 0 Å². The van der Waals surface area contributed by atoms with Crippen molar-refractivity contribution in [1.82, 2.24) is 0 Å². The van der Waals surface area contributed by atoms with Gasteiger partial charge in [0.15, 0.2) is 0 Å². The number of aromatic hydroxyl groups is 1. The molecule has 0 aliphatic carbocycles. The summed E-state index contributed by atoms with van der Waals surface area (Å²) >= 11 is 0. The van der Waals surface area contributed by atoms with Crippen LogP contribution in [0.1, 0.15) is 12.8 Å². The first-order valence-corrected chi connectivity index (χ1v) is 6.40. The van der Waals surface area contributed by atoms with E-state index < -0.39 is 0 Å². The summed E-state index contributed by atoms with van der Waals surface area (Å²) in [5.74, 6) is 1.43. The fourth-order valence-corrected chi connectivity index (χ4v) is 2.30. The molecular formula is C14H20O4. The first-order valence-electron chi connectivity index (χ1n) is 6.40. The summed E-state index contributed by atoms with van der Waals surface area (Å²) in [6.07, 6.45) is 1.96. The molecule has 1 aliphatic rings. The van der Waals surface area contributed by atoms with Gasteiger partial charge in [0.1, 0.15) is 11.5 Å². The molecule has 0 saturated carbocycles. The lowest BCUT2D eigenvalue weighted by atomic mass is 9.87. The van der Waals surface area contributed by atoms with E-state index >= 15 is 0 Å². The number of phenolic OH excluding ortho intramolecular Hbond substituents is 1. The molecule has 0 radical (unpaired) electrons. The first-order chi connectivity index (χ1) is 8.79. The van der Waals surface area contributed by atoms with Gasteiger partial charge in [0.05, 0.1) is 6.61 Å². The van der Waals surface area contributed by atoms with Gasteiger partial charge in [-0.1, -0.05) is 6.07 Å². The highest BCUT2D eigenvalue weighted by Gasteiger charge is 2.24. The van der Waals surface area contributed by atoms with Crippen LogP contribution in [0, 0.1) is 11.8 Å². The maximum absolute atomic E-state index is 9.44. The SMILES string of the molecule is OCC(COc1cccc(O)c1)C1CCOCC1. The molecule has 1 heterocycles. The third-order valence-electron chi connectivity index (χ3n) is 3.45. The summed E-state index contributed by atoms with van der Waals surface area (Å²) in [5, 5.41) is 18.8. The molecule has 4 heteroatoms. The highest BCUT2D eigenvalue weighted by molar-refractivity contribution is 5.31. The summed E-state index contributed by atoms with van der Waals surface area (Å²) in [5.41, 5.74) is 0. The fraction of sp³-hybridized carbons (Fsp3) is 0.571. The van der Waals surface area contributed by atoms with Crippen molar-refractivity contribution in [2.75, 3.05) is 26.4 Å². The van der Waals surface area contributed by atoms with Crippen molar-refractivity contribution in [3.05, 3.63) is 24.3 Å². The maximum Gasteiger partial charge on any atom is 0.122 e. The number of ether oxygens (including phenoxy) is 2. The van der Waals surface area contributed by atoms with Crippen LogP contribution < -0.4 is 4.74 Å². The maximum atomic E-state index is 9.44. The number of rotatable bonds is 5. The van der Waals surface area contributed by atoms with Gasteiger partial charge in [-0.3, -0.25) is 0 Å². The molecule has 1 unspecified atom stereocenters. The van der Waals surface area contributed by atoms with Crippen molar-refractivity contribution in [3.63, 3.8) is 0 Å². The number of hydrogen-bond donors (Lipinski definition) is 2. The molecule has 2 N–H and O–H groups in total. The van der Waals surface area contributed by atoms with Crippen LogP contribution in [0.2, 0.25) is 0 Å². The van der Waals surface area contributed by atoms with E-state index in [0.717, 1.165) is 26.1 Å². The van der Waals surface area contributed by atoms with Crippen molar-refractivity contribution in [2.45, 2.75) is 12.8 Å². The molecule has 1 aliphatic heterocycles. The molecule has 18 heavy (non-hydrogen) atoms. The van der Waals surface area contributed by atoms with Crippen LogP contribution in [0.4, 0.5) is 0 Å². The van der Waals surface area contributed by atoms with Crippen molar-refractivity contribution in [3.8, 4) is 11.5 Å². The zero-order chi connectivity index (χ0) is 12.8. The minimum Gasteiger partial charge on any atom is -0.508 e. The molecule has 1 aromatic carbocycles. The largest absolute Gasteiger partial charge is 0.508 e. The van der Waals surface area contributed by atoms with Crippen LogP contribution >= 0.6 is 0 Å². The zero-order valence-electron chi connectivity index (χ0n) is 10.4. The summed E-state index contributed by atoms with van der Waals surface area (Å²) in [7, 11) is 0. The van der Waals surface area contributed by atoms with Crippen LogP contribution in [0.3, 0.4) is 0 Å². The Balaban J connectivity index is 1.86. The van der Waals surface area contributed by atoms with Gasteiger partial charge in [-0.25, -0.2) is 0 Å². The monoisotopic (exact) mass is 252 g/mol. The van der Waals surface area contributed by atoms with Gasteiger partial charge in [0.25, 0.3) is 0 Å². The molecule has 4 nitrogen and oxygen atoms in total. The highest BCUT2D eigenvalue weighted by atomic mass is 16.5. The minimum atomic E-state index is 0.128. The molecule has 2 rings (SSSR count). The molecule has 0 aromatic heterocycles. The summed E-state index contributed by atoms with van der Waals surface area (Å²) in [6.45, 7) is 2.15. The van der Waals surface area contributed by atoms with Gasteiger partial charge >= 0.3 is 0 Å². The van der Waals surface area contributed by atoms with E-state index in [0.29, 0.717) is 18.3 Å². The standard InChI is InChI=1S/C14H20O4/c15-9-12(11-4-6-17-7-5-11)10-18-14-3-1-2-13(16)8-14/h1-3,8,11-12,15-16H,4-7,9-10H2. The Morgan fingerprint density at radius 3 is 2.78 bits per heavy atom. The average molecular weight is 252 g/mol. The summed E-state index contributed by atoms with van der Waals surface area (Å²) in [4.78, 5) is 0. The first kappa shape index (κ1) is 13.2. The smallest absolute Gasteiger partial charge is 0.122 e. The number of aliphatic hydroxyl groups is 1. The third kappa shape index (κ3) is 3.62. The molecule has 0 amide bonds. The summed E-state index contributed by atoms with van der Waals surface area (Å²) < 4.78 is 10.9. The number of phenols is 1. The van der Waals surface area contributed by atoms with Gasteiger partial charge in [-0.05, 0) is 30.9 Å². The Kier molecular flexibility index (Phi) is 4.84. The number of aliphatic hydroxyl groups excluding tert-OH is 1. The van der Waals surface area contributed by atoms with Crippen LogP contribution in [0.15, 0.2) is 24.3 Å². The molecule has 100 valence electrons. The van der Waals surface area contributed by atoms with Crippen LogP contribution in [-0.2, 0) is 4.74 Å². The highest BCUT2D eigenvalue weighted by Crippen LogP contribution is 2.25. The predicted molar refractivity (Wildman–Crippen MR) is 67.7 cm³/mol. The van der Waals surface area contributed by atoms with Crippen molar-refractivity contribution >= 4 is 0 Å². The van der Waals surface area contributed by atoms with Crippen molar-refractivity contribution in [2.24, 2.45) is 11.8 Å². The fourth-order valence-electron chi connectivity index (χ4n) is 2.30. The topological polar surface area (TPSA) is 58.9 Å². The molecule has 1 atom stereocenters. The average Bonchev–Trinajstić information content (AvgIpc) is 2.41. The molecule has 1 fully saturated rings. The number of hydrogen-bond acceptors (Lipinski definition) is 4. The van der Waals surface area contributed by atoms with E-state index in [-0.39, 0.29) is 18.3 Å². The molecule has 0 bridgehead atoms. The quantitative estimate of drug-likeness (QED) is 0.839. The second kappa shape index (κ2) is 6.61. The van der Waals surface area contributed by atoms with E-state index in [2.05, 4.69) is 0 Å². The zero-order valence-corrected chi connectivity index (χ0v) is 10.4. The normalized spacial score (nSPS) is 18.5. The lowest BCUT2D eigenvalue weighted by Crippen LogP contribution is -2.30. The van der Waals surface area contributed by atoms with E-state index in [1.165, 1.54) is 0 Å². The second-order valence-electron chi connectivity index (χ2n) is 4.70. The minimum absolute atomic E-state index is 0.128. The third-order valence-corrected chi connectivity index (χ3v) is 3.45. The van der Waals surface area contributed by atoms with Gasteiger partial charge in [0, 0.05) is 31.8 Å². The Hall–Kier alpha value is -1.26. The predicted octanol–water partition coefficient (Wildman–Crippen LogP) is 1.81. The molecular weight excluding hydrogens is 232 g/mol. The van der Waals surface area contributed by atoms with Crippen LogP contribution in [0.25, 0.3) is 0 Å². The van der Waals surface area contributed by atoms with Crippen LogP contribution in [-0.4, -0.2) is 36.6 Å². The molecule has 1 saturated heterocycles. The van der Waals surface area contributed by atoms with E-state index in [9.17, 15) is 10.2 Å². The Bertz CT molecular complexity index is 361. The van der Waals surface area contributed by atoms with E-state index in [4.69, 9.17) is 9.47 Å². The molecule has 0 spiro atoms. The van der Waals surface area contributed by atoms with Gasteiger partial charge < -0.3 is 19.7 Å². The van der Waals surface area contributed by atoms with E-state index in [1.54, 1.807) is 24.3 Å². The Morgan fingerprint density at radius 1 is 1.33 bits per heavy atom. The second-order valence-corrected chi connectivity index (χ2v) is 4.70. The van der Waals surface area contributed by atoms with Gasteiger partial charge in [-0.15, -0.1) is 0 Å². The lowest BCUT2D eigenvalue weighted by molar-refractivity contribution is 0.0199. The van der Waals surface area contributed by atoms with Crippen LogP contribution in [0.5, 0.6) is 11.5 Å². The lowest BCUT2D eigenvalue weighted by Gasteiger charge is -2.28. The van der Waals surface area contributed by atoms with E-state index in [1.807, 2.05) is 0 Å².